The first kappa shape index (κ1) is 19.7. The van der Waals surface area contributed by atoms with Gasteiger partial charge in [0, 0.05) is 43.3 Å². The number of nitrogens with one attached hydrogen (secondary N) is 1. The van der Waals surface area contributed by atoms with Crippen molar-refractivity contribution in [2.75, 3.05) is 33.1 Å². The summed E-state index contributed by atoms with van der Waals surface area (Å²) in [5, 5.41) is 3.31. The van der Waals surface area contributed by atoms with Crippen molar-refractivity contribution in [2.45, 2.75) is 51.0 Å². The summed E-state index contributed by atoms with van der Waals surface area (Å²) in [5.41, 5.74) is 0.387. The van der Waals surface area contributed by atoms with Gasteiger partial charge in [0.15, 0.2) is 11.5 Å². The first-order chi connectivity index (χ1) is 14.6. The van der Waals surface area contributed by atoms with E-state index in [4.69, 9.17) is 14.2 Å². The Morgan fingerprint density at radius 2 is 1.80 bits per heavy atom. The van der Waals surface area contributed by atoms with E-state index >= 15 is 0 Å². The monoisotopic (exact) mass is 414 g/mol. The zero-order chi connectivity index (χ0) is 20.6. The highest BCUT2D eigenvalue weighted by atomic mass is 16.7. The van der Waals surface area contributed by atoms with Crippen LogP contribution in [-0.2, 0) is 9.53 Å². The van der Waals surface area contributed by atoms with E-state index in [2.05, 4.69) is 5.32 Å². The molecule has 1 saturated carbocycles. The molecule has 4 aliphatic rings. The van der Waals surface area contributed by atoms with Gasteiger partial charge in [0.25, 0.3) is 5.91 Å². The largest absolute Gasteiger partial charge is 0.454 e. The summed E-state index contributed by atoms with van der Waals surface area (Å²) in [7, 11) is 0. The summed E-state index contributed by atoms with van der Waals surface area (Å²) < 4.78 is 16.4. The van der Waals surface area contributed by atoms with Gasteiger partial charge < -0.3 is 24.4 Å². The number of rotatable bonds is 3. The molecule has 2 amide bonds. The van der Waals surface area contributed by atoms with E-state index in [0.717, 1.165) is 25.7 Å². The zero-order valence-electron chi connectivity index (χ0n) is 17.4. The normalized spacial score (nSPS) is 25.5. The van der Waals surface area contributed by atoms with Gasteiger partial charge >= 0.3 is 0 Å². The molecular formula is C23H30N2O5. The van der Waals surface area contributed by atoms with Crippen LogP contribution in [-0.4, -0.2) is 55.9 Å². The second kappa shape index (κ2) is 8.10. The molecule has 3 aliphatic heterocycles. The van der Waals surface area contributed by atoms with Crippen LogP contribution in [0.5, 0.6) is 11.5 Å². The number of benzene rings is 1. The molecule has 1 aromatic rings. The molecule has 5 rings (SSSR count). The van der Waals surface area contributed by atoms with E-state index in [1.54, 1.807) is 18.2 Å². The number of nitrogens with zero attached hydrogens (tertiary/aromatic N) is 1. The fourth-order valence-electron chi connectivity index (χ4n) is 5.53. The van der Waals surface area contributed by atoms with Crippen LogP contribution < -0.4 is 14.8 Å². The minimum absolute atomic E-state index is 0.0490. The first-order valence-corrected chi connectivity index (χ1v) is 11.2. The Labute approximate surface area is 177 Å². The van der Waals surface area contributed by atoms with Crippen molar-refractivity contribution < 1.29 is 23.8 Å². The summed E-state index contributed by atoms with van der Waals surface area (Å²) >= 11 is 0. The van der Waals surface area contributed by atoms with Crippen LogP contribution in [0.1, 0.15) is 55.3 Å². The summed E-state index contributed by atoms with van der Waals surface area (Å²) in [6, 6.07) is 5.59. The molecule has 7 nitrogen and oxygen atoms in total. The van der Waals surface area contributed by atoms with Crippen molar-refractivity contribution in [1.82, 2.24) is 10.2 Å². The summed E-state index contributed by atoms with van der Waals surface area (Å²) in [5.74, 6) is 1.16. The van der Waals surface area contributed by atoms with Crippen LogP contribution in [0.2, 0.25) is 0 Å². The minimum atomic E-state index is -0.191. The highest BCUT2D eigenvalue weighted by Crippen LogP contribution is 2.45. The lowest BCUT2D eigenvalue weighted by atomic mass is 9.71. The molecule has 1 aliphatic carbocycles. The SMILES string of the molecule is O=C(NC1CCCCC1)C1CN(C(=O)c2ccc3c(c2)OCO3)CC12CCOCC2. The third-order valence-electron chi connectivity index (χ3n) is 7.31. The van der Waals surface area contributed by atoms with Crippen LogP contribution in [0.25, 0.3) is 0 Å². The van der Waals surface area contributed by atoms with Crippen molar-refractivity contribution in [3.8, 4) is 11.5 Å². The number of carbonyl (C=O) groups is 2. The quantitative estimate of drug-likeness (QED) is 0.823. The van der Waals surface area contributed by atoms with Crippen molar-refractivity contribution in [2.24, 2.45) is 11.3 Å². The summed E-state index contributed by atoms with van der Waals surface area (Å²) in [4.78, 5) is 28.5. The van der Waals surface area contributed by atoms with E-state index in [1.165, 1.54) is 19.3 Å². The smallest absolute Gasteiger partial charge is 0.254 e. The Hall–Kier alpha value is -2.28. The van der Waals surface area contributed by atoms with E-state index < -0.39 is 0 Å². The van der Waals surface area contributed by atoms with Crippen LogP contribution >= 0.6 is 0 Å². The third-order valence-corrected chi connectivity index (χ3v) is 7.31. The van der Waals surface area contributed by atoms with Gasteiger partial charge in [-0.2, -0.15) is 0 Å². The predicted octanol–water partition coefficient (Wildman–Crippen LogP) is 2.73. The zero-order valence-corrected chi connectivity index (χ0v) is 17.4. The molecule has 0 aromatic heterocycles. The Kier molecular flexibility index (Phi) is 5.31. The second-order valence-corrected chi connectivity index (χ2v) is 9.12. The van der Waals surface area contributed by atoms with Crippen LogP contribution in [0.3, 0.4) is 0 Å². The Morgan fingerprint density at radius 1 is 1.03 bits per heavy atom. The molecule has 1 spiro atoms. The van der Waals surface area contributed by atoms with Crippen LogP contribution in [0.4, 0.5) is 0 Å². The molecule has 1 N–H and O–H groups in total. The van der Waals surface area contributed by atoms with E-state index in [0.29, 0.717) is 43.4 Å². The minimum Gasteiger partial charge on any atom is -0.454 e. The highest BCUT2D eigenvalue weighted by molar-refractivity contribution is 5.96. The fraction of sp³-hybridized carbons (Fsp3) is 0.652. The number of amides is 2. The van der Waals surface area contributed by atoms with Gasteiger partial charge in [0.1, 0.15) is 0 Å². The lowest BCUT2D eigenvalue weighted by Crippen LogP contribution is -2.47. The number of likely N-dealkylation sites (tertiary alicyclic amines) is 1. The fourth-order valence-corrected chi connectivity index (χ4v) is 5.53. The number of fused-ring (bicyclic) bond motifs is 1. The van der Waals surface area contributed by atoms with Gasteiger partial charge in [-0.25, -0.2) is 0 Å². The first-order valence-electron chi connectivity index (χ1n) is 11.2. The van der Waals surface area contributed by atoms with Crippen molar-refractivity contribution in [3.63, 3.8) is 0 Å². The van der Waals surface area contributed by atoms with Gasteiger partial charge in [-0.1, -0.05) is 19.3 Å². The van der Waals surface area contributed by atoms with Gasteiger partial charge in [0.2, 0.25) is 12.7 Å². The Morgan fingerprint density at radius 3 is 2.60 bits per heavy atom. The molecule has 1 unspecified atom stereocenters. The standard InChI is InChI=1S/C23H30N2O5/c26-21(24-17-4-2-1-3-5-17)18-13-25(14-23(18)8-10-28-11-9-23)22(27)16-6-7-19-20(12-16)30-15-29-19/h6-7,12,17-18H,1-5,8-11,13-15H2,(H,24,26). The third kappa shape index (κ3) is 3.64. The van der Waals surface area contributed by atoms with Gasteiger partial charge in [-0.3, -0.25) is 9.59 Å². The summed E-state index contributed by atoms with van der Waals surface area (Å²) in [6.45, 7) is 2.56. The maximum absolute atomic E-state index is 13.3. The molecule has 1 atom stereocenters. The molecule has 30 heavy (non-hydrogen) atoms. The molecule has 3 fully saturated rings. The van der Waals surface area contributed by atoms with Crippen molar-refractivity contribution in [3.05, 3.63) is 23.8 Å². The van der Waals surface area contributed by atoms with Crippen LogP contribution in [0.15, 0.2) is 18.2 Å². The molecule has 0 radical (unpaired) electrons. The number of hydrogen-bond acceptors (Lipinski definition) is 5. The lowest BCUT2D eigenvalue weighted by molar-refractivity contribution is -0.130. The van der Waals surface area contributed by atoms with Crippen molar-refractivity contribution in [1.29, 1.82) is 0 Å². The number of ether oxygens (including phenoxy) is 3. The average Bonchev–Trinajstić information content (AvgIpc) is 3.39. The Balaban J connectivity index is 1.34. The molecule has 162 valence electrons. The molecule has 0 bridgehead atoms. The predicted molar refractivity (Wildman–Crippen MR) is 109 cm³/mol. The molecule has 1 aromatic carbocycles. The Bertz CT molecular complexity index is 814. The number of carbonyl (C=O) groups excluding carboxylic acids is 2. The van der Waals surface area contributed by atoms with Gasteiger partial charge in [-0.05, 0) is 43.9 Å². The average molecular weight is 415 g/mol. The molecular weight excluding hydrogens is 384 g/mol. The van der Waals surface area contributed by atoms with E-state index in [9.17, 15) is 9.59 Å². The number of hydrogen-bond donors (Lipinski definition) is 1. The maximum atomic E-state index is 13.3. The van der Waals surface area contributed by atoms with Crippen molar-refractivity contribution >= 4 is 11.8 Å². The topological polar surface area (TPSA) is 77.1 Å². The maximum Gasteiger partial charge on any atom is 0.254 e. The summed E-state index contributed by atoms with van der Waals surface area (Å²) in [6.07, 6.45) is 7.39. The van der Waals surface area contributed by atoms with Gasteiger partial charge in [0.05, 0.1) is 5.92 Å². The van der Waals surface area contributed by atoms with Gasteiger partial charge in [-0.15, -0.1) is 0 Å². The van der Waals surface area contributed by atoms with Crippen LogP contribution in [0, 0.1) is 11.3 Å². The molecule has 2 saturated heterocycles. The van der Waals surface area contributed by atoms with E-state index in [-0.39, 0.29) is 36.0 Å². The second-order valence-electron chi connectivity index (χ2n) is 9.12. The highest BCUT2D eigenvalue weighted by Gasteiger charge is 2.52. The molecule has 3 heterocycles. The lowest BCUT2D eigenvalue weighted by Gasteiger charge is -2.37. The van der Waals surface area contributed by atoms with E-state index in [1.807, 2.05) is 4.90 Å². The molecule has 7 heteroatoms.